The van der Waals surface area contributed by atoms with Crippen molar-refractivity contribution in [1.82, 2.24) is 25.0 Å². The van der Waals surface area contributed by atoms with Crippen LogP contribution in [0.15, 0.2) is 60.0 Å². The van der Waals surface area contributed by atoms with Crippen LogP contribution in [0, 0.1) is 13.8 Å². The molecule has 2 heterocycles. The van der Waals surface area contributed by atoms with Gasteiger partial charge >= 0.3 is 0 Å². The van der Waals surface area contributed by atoms with Gasteiger partial charge in [-0.3, -0.25) is 9.48 Å². The minimum absolute atomic E-state index is 0.0598. The number of aryl methyl sites for hydroxylation is 2. The van der Waals surface area contributed by atoms with Gasteiger partial charge in [-0.25, -0.2) is 0 Å². The molecule has 1 aliphatic rings. The Hall–Kier alpha value is -3.68. The minimum Gasteiger partial charge on any atom is -0.381 e. The predicted molar refractivity (Wildman–Crippen MR) is 163 cm³/mol. The molecule has 1 saturated carbocycles. The number of rotatable bonds is 11. The molecule has 1 aliphatic carbocycles. The van der Waals surface area contributed by atoms with Crippen molar-refractivity contribution in [3.63, 3.8) is 0 Å². The highest BCUT2D eigenvalue weighted by atomic mass is 16.5. The van der Waals surface area contributed by atoms with E-state index < -0.39 is 0 Å². The van der Waals surface area contributed by atoms with E-state index in [0.29, 0.717) is 25.8 Å². The maximum Gasteiger partial charge on any atom is 0.253 e. The molecule has 2 N–H and O–H groups in total. The number of hydrogen-bond acceptors (Lipinski definition) is 5. The van der Waals surface area contributed by atoms with Crippen LogP contribution in [-0.2, 0) is 17.9 Å². The molecule has 2 aromatic heterocycles. The van der Waals surface area contributed by atoms with E-state index in [1.54, 1.807) is 0 Å². The molecule has 7 nitrogen and oxygen atoms in total. The van der Waals surface area contributed by atoms with E-state index in [2.05, 4.69) is 77.0 Å². The Bertz CT molecular complexity index is 1560. The zero-order valence-corrected chi connectivity index (χ0v) is 24.2. The molecular weight excluding hydrogens is 498 g/mol. The first-order chi connectivity index (χ1) is 19.3. The third kappa shape index (κ3) is 6.21. The molecule has 7 heteroatoms. The van der Waals surface area contributed by atoms with Gasteiger partial charge in [-0.15, -0.1) is 0 Å². The van der Waals surface area contributed by atoms with Crippen molar-refractivity contribution in [2.24, 2.45) is 0 Å². The summed E-state index contributed by atoms with van der Waals surface area (Å²) in [6.07, 6.45) is 6.77. The van der Waals surface area contributed by atoms with Gasteiger partial charge in [0, 0.05) is 41.0 Å². The Morgan fingerprint density at radius 1 is 1.15 bits per heavy atom. The lowest BCUT2D eigenvalue weighted by Crippen LogP contribution is -2.22. The number of nitrogens with one attached hydrogen (secondary N) is 2. The Balaban J connectivity index is 1.48. The molecule has 0 aliphatic heterocycles. The molecule has 5 rings (SSSR count). The monoisotopic (exact) mass is 539 g/mol. The fourth-order valence-electron chi connectivity index (χ4n) is 5.67. The summed E-state index contributed by atoms with van der Waals surface area (Å²) in [5.74, 6) is 0. The topological polar surface area (TPSA) is 75.2 Å². The van der Waals surface area contributed by atoms with Crippen LogP contribution >= 0.6 is 0 Å². The van der Waals surface area contributed by atoms with Crippen LogP contribution in [-0.4, -0.2) is 46.9 Å². The molecule has 0 atom stereocenters. The van der Waals surface area contributed by atoms with Gasteiger partial charge in [0.05, 0.1) is 31.0 Å². The Labute approximate surface area is 236 Å². The summed E-state index contributed by atoms with van der Waals surface area (Å²) < 4.78 is 8.13. The molecule has 0 radical (unpaired) electrons. The summed E-state index contributed by atoms with van der Waals surface area (Å²) in [4.78, 5) is 17.7. The number of aromatic nitrogens is 3. The average molecular weight is 540 g/mol. The number of ether oxygens (including phenoxy) is 1. The summed E-state index contributed by atoms with van der Waals surface area (Å²) in [5, 5.41) is 9.38. The molecule has 40 heavy (non-hydrogen) atoms. The van der Waals surface area contributed by atoms with Gasteiger partial charge < -0.3 is 19.9 Å². The number of H-pyrrole nitrogens is 1. The van der Waals surface area contributed by atoms with Gasteiger partial charge in [0.2, 0.25) is 0 Å². The molecule has 4 aromatic rings. The number of pyridine rings is 1. The summed E-state index contributed by atoms with van der Waals surface area (Å²) in [5.41, 5.74) is 8.80. The quantitative estimate of drug-likeness (QED) is 0.230. The molecule has 0 spiro atoms. The van der Waals surface area contributed by atoms with Crippen LogP contribution in [0.5, 0.6) is 0 Å². The second-order valence-electron chi connectivity index (χ2n) is 11.3. The fraction of sp³-hybridized carbons (Fsp3) is 0.394. The van der Waals surface area contributed by atoms with Crippen LogP contribution in [0.25, 0.3) is 27.7 Å². The lowest BCUT2D eigenvalue weighted by Gasteiger charge is -2.16. The molecule has 2 aromatic carbocycles. The smallest absolute Gasteiger partial charge is 0.253 e. The van der Waals surface area contributed by atoms with E-state index in [1.807, 2.05) is 26.1 Å². The normalized spacial score (nSPS) is 13.9. The first-order valence-corrected chi connectivity index (χ1v) is 14.3. The van der Waals surface area contributed by atoms with Crippen molar-refractivity contribution in [3.8, 4) is 11.1 Å². The molecule has 210 valence electrons. The van der Waals surface area contributed by atoms with Gasteiger partial charge in [-0.05, 0) is 87.3 Å². The Morgan fingerprint density at radius 3 is 2.70 bits per heavy atom. The molecule has 0 bridgehead atoms. The molecule has 0 amide bonds. The lowest BCUT2D eigenvalue weighted by molar-refractivity contribution is 0.105. The maximum absolute atomic E-state index is 12.6. The highest BCUT2D eigenvalue weighted by molar-refractivity contribution is 5.95. The highest BCUT2D eigenvalue weighted by Gasteiger charge is 2.21. The second-order valence-corrected chi connectivity index (χ2v) is 11.3. The first-order valence-electron chi connectivity index (χ1n) is 14.3. The fourth-order valence-corrected chi connectivity index (χ4v) is 5.67. The number of likely N-dealkylation sites (N-methyl/N-ethyl adjacent to an activating group) is 1. The van der Waals surface area contributed by atoms with Crippen LogP contribution in [0.4, 0.5) is 0 Å². The van der Waals surface area contributed by atoms with E-state index in [1.165, 1.54) is 12.8 Å². The van der Waals surface area contributed by atoms with E-state index in [-0.39, 0.29) is 5.56 Å². The summed E-state index contributed by atoms with van der Waals surface area (Å²) in [7, 11) is 4.10. The third-order valence-corrected chi connectivity index (χ3v) is 7.90. The molecule has 1 fully saturated rings. The van der Waals surface area contributed by atoms with Gasteiger partial charge in [-0.2, -0.15) is 5.10 Å². The molecule has 0 saturated heterocycles. The molecule has 0 unspecified atom stereocenters. The largest absolute Gasteiger partial charge is 0.381 e. The van der Waals surface area contributed by atoms with Crippen molar-refractivity contribution in [2.75, 3.05) is 27.2 Å². The second kappa shape index (κ2) is 12.2. The van der Waals surface area contributed by atoms with E-state index >= 15 is 0 Å². The Morgan fingerprint density at radius 2 is 1.95 bits per heavy atom. The van der Waals surface area contributed by atoms with Crippen molar-refractivity contribution in [1.29, 1.82) is 0 Å². The van der Waals surface area contributed by atoms with Gasteiger partial charge in [0.25, 0.3) is 5.56 Å². The number of hydrogen-bond donors (Lipinski definition) is 2. The standard InChI is InChI=1S/C33H41N5O2/c1-22-15-23(2)36-33(39)30(22)19-34-24(3)29-17-27(18-32-31(29)20-35-38(32)28-11-6-7-12-28)26-10-8-9-25(16-26)21-40-14-13-37(4)5/h8-10,15-18,20,28,34H,3,6-7,11-14,19,21H2,1-2,4-5H3,(H,36,39). The number of nitrogens with zero attached hydrogens (tertiary/aromatic N) is 3. The Kier molecular flexibility index (Phi) is 8.52. The first kappa shape index (κ1) is 27.9. The number of aromatic amines is 1. The highest BCUT2D eigenvalue weighted by Crippen LogP contribution is 2.36. The number of fused-ring (bicyclic) bond motifs is 1. The third-order valence-electron chi connectivity index (χ3n) is 7.90. The summed E-state index contributed by atoms with van der Waals surface area (Å²) in [6, 6.07) is 15.4. The van der Waals surface area contributed by atoms with Crippen molar-refractivity contribution < 1.29 is 4.74 Å². The zero-order valence-electron chi connectivity index (χ0n) is 24.2. The minimum atomic E-state index is -0.0598. The van der Waals surface area contributed by atoms with Crippen molar-refractivity contribution >= 4 is 16.6 Å². The van der Waals surface area contributed by atoms with Crippen molar-refractivity contribution in [2.45, 2.75) is 58.7 Å². The summed E-state index contributed by atoms with van der Waals surface area (Å²) in [6.45, 7) is 10.9. The lowest BCUT2D eigenvalue weighted by atomic mass is 9.97. The number of benzene rings is 2. The summed E-state index contributed by atoms with van der Waals surface area (Å²) >= 11 is 0. The van der Waals surface area contributed by atoms with Gasteiger partial charge in [0.1, 0.15) is 0 Å². The SMILES string of the molecule is C=C(NCc1c(C)cc(C)[nH]c1=O)c1cc(-c2cccc(COCCN(C)C)c2)cc2c1cnn2C1CCCC1. The van der Waals surface area contributed by atoms with Crippen LogP contribution in [0.2, 0.25) is 0 Å². The average Bonchev–Trinajstić information content (AvgIpc) is 3.60. The van der Waals surface area contributed by atoms with E-state index in [4.69, 9.17) is 9.84 Å². The zero-order chi connectivity index (χ0) is 28.2. The van der Waals surface area contributed by atoms with Crippen LogP contribution < -0.4 is 10.9 Å². The van der Waals surface area contributed by atoms with Crippen molar-refractivity contribution in [3.05, 3.63) is 93.5 Å². The maximum atomic E-state index is 12.6. The van der Waals surface area contributed by atoms with Gasteiger partial charge in [-0.1, -0.05) is 37.6 Å². The van der Waals surface area contributed by atoms with E-state index in [0.717, 1.165) is 75.1 Å². The molecular formula is C33H41N5O2. The van der Waals surface area contributed by atoms with Crippen LogP contribution in [0.3, 0.4) is 0 Å². The van der Waals surface area contributed by atoms with Crippen LogP contribution in [0.1, 0.15) is 59.7 Å². The predicted octanol–water partition coefficient (Wildman–Crippen LogP) is 5.96. The van der Waals surface area contributed by atoms with E-state index in [9.17, 15) is 4.79 Å². The van der Waals surface area contributed by atoms with Gasteiger partial charge in [0.15, 0.2) is 0 Å².